The molecule has 0 radical (unpaired) electrons. The van der Waals surface area contributed by atoms with Gasteiger partial charge in [-0.05, 0) is 100 Å². The van der Waals surface area contributed by atoms with Crippen molar-refractivity contribution in [2.24, 2.45) is 0 Å². The van der Waals surface area contributed by atoms with Gasteiger partial charge < -0.3 is 14.1 Å². The van der Waals surface area contributed by atoms with Crippen LogP contribution in [0.4, 0.5) is 0 Å². The fourth-order valence-electron chi connectivity index (χ4n) is 5.32. The van der Waals surface area contributed by atoms with Crippen LogP contribution < -0.4 is 10.3 Å². The number of aromatic nitrogens is 5. The molecule has 0 amide bonds. The highest BCUT2D eigenvalue weighted by molar-refractivity contribution is 6.31. The lowest BCUT2D eigenvalue weighted by Gasteiger charge is -2.31. The van der Waals surface area contributed by atoms with Gasteiger partial charge in [0.15, 0.2) is 5.82 Å². The molecular formula is C33H31ClN6O3. The first-order chi connectivity index (χ1) is 20.9. The topological polar surface area (TPSA) is 102 Å². The number of halogens is 1. The van der Waals surface area contributed by atoms with Crippen molar-refractivity contribution >= 4 is 22.5 Å². The first kappa shape index (κ1) is 28.4. The maximum Gasteiger partial charge on any atom is 0.253 e. The number of fused-ring (bicyclic) bond motifs is 1. The van der Waals surface area contributed by atoms with E-state index in [-0.39, 0.29) is 5.56 Å². The summed E-state index contributed by atoms with van der Waals surface area (Å²) in [6.07, 6.45) is 1.61. The Bertz CT molecular complexity index is 1910. The molecule has 3 heterocycles. The highest BCUT2D eigenvalue weighted by Gasteiger charge is 2.31. The van der Waals surface area contributed by atoms with Crippen LogP contribution in [-0.4, -0.2) is 37.2 Å². The Morgan fingerprint density at radius 3 is 2.53 bits per heavy atom. The minimum Gasteiger partial charge on any atom is -0.497 e. The van der Waals surface area contributed by atoms with Gasteiger partial charge in [-0.25, -0.2) is 4.68 Å². The van der Waals surface area contributed by atoms with Crippen molar-refractivity contribution in [3.8, 4) is 5.75 Å². The highest BCUT2D eigenvalue weighted by Crippen LogP contribution is 2.32. The number of nitrogens with one attached hydrogen (secondary N) is 1. The van der Waals surface area contributed by atoms with Crippen LogP contribution in [0.25, 0.3) is 10.9 Å². The van der Waals surface area contributed by atoms with Crippen LogP contribution >= 0.6 is 11.6 Å². The first-order valence-electron chi connectivity index (χ1n) is 13.9. The van der Waals surface area contributed by atoms with Crippen LogP contribution in [-0.2, 0) is 19.6 Å². The van der Waals surface area contributed by atoms with Crippen molar-refractivity contribution in [2.45, 2.75) is 39.5 Å². The zero-order chi connectivity index (χ0) is 29.9. The van der Waals surface area contributed by atoms with Crippen LogP contribution in [0.3, 0.4) is 0 Å². The number of furan rings is 1. The molecule has 43 heavy (non-hydrogen) atoms. The molecule has 3 aromatic heterocycles. The van der Waals surface area contributed by atoms with Crippen molar-refractivity contribution in [2.75, 3.05) is 7.11 Å². The predicted molar refractivity (Wildman–Crippen MR) is 165 cm³/mol. The Balaban J connectivity index is 1.54. The SMILES string of the molecule is COc1ccc(CN(Cc2ccccc2Cl)[C@H](c2cc3cc(C)c(C)cc3[nH]c2=O)c2nnnn2Cc2ccco2)cc1. The van der Waals surface area contributed by atoms with E-state index in [4.69, 9.17) is 20.8 Å². The molecule has 10 heteroatoms. The Morgan fingerprint density at radius 1 is 1.00 bits per heavy atom. The van der Waals surface area contributed by atoms with Gasteiger partial charge >= 0.3 is 0 Å². The number of hydrogen-bond acceptors (Lipinski definition) is 7. The van der Waals surface area contributed by atoms with Gasteiger partial charge in [-0.15, -0.1) is 5.10 Å². The summed E-state index contributed by atoms with van der Waals surface area (Å²) < 4.78 is 12.7. The van der Waals surface area contributed by atoms with Gasteiger partial charge in [0.25, 0.3) is 5.56 Å². The number of nitrogens with zero attached hydrogens (tertiary/aromatic N) is 5. The number of rotatable bonds is 10. The molecule has 0 fully saturated rings. The summed E-state index contributed by atoms with van der Waals surface area (Å²) in [5, 5.41) is 14.4. The van der Waals surface area contributed by atoms with Crippen molar-refractivity contribution in [1.29, 1.82) is 0 Å². The Labute approximate surface area is 253 Å². The second-order valence-corrected chi connectivity index (χ2v) is 11.0. The largest absolute Gasteiger partial charge is 0.497 e. The smallest absolute Gasteiger partial charge is 0.253 e. The third-order valence-electron chi connectivity index (χ3n) is 7.71. The summed E-state index contributed by atoms with van der Waals surface area (Å²) in [6.45, 7) is 5.30. The number of aromatic amines is 1. The second kappa shape index (κ2) is 12.2. The maximum atomic E-state index is 13.9. The number of tetrazole rings is 1. The van der Waals surface area contributed by atoms with Crippen LogP contribution in [0.5, 0.6) is 5.75 Å². The van der Waals surface area contributed by atoms with Gasteiger partial charge in [-0.2, -0.15) is 0 Å². The molecule has 218 valence electrons. The summed E-state index contributed by atoms with van der Waals surface area (Å²) in [5.41, 5.74) is 5.26. The highest BCUT2D eigenvalue weighted by atomic mass is 35.5. The molecule has 9 nitrogen and oxygen atoms in total. The molecule has 3 aromatic carbocycles. The summed E-state index contributed by atoms with van der Waals surface area (Å²) in [4.78, 5) is 19.2. The average Bonchev–Trinajstić information content (AvgIpc) is 3.69. The van der Waals surface area contributed by atoms with Gasteiger partial charge in [0, 0.05) is 29.2 Å². The van der Waals surface area contributed by atoms with Crippen LogP contribution in [0, 0.1) is 13.8 Å². The predicted octanol–water partition coefficient (Wildman–Crippen LogP) is 6.23. The fourth-order valence-corrected chi connectivity index (χ4v) is 5.51. The average molecular weight is 595 g/mol. The molecule has 0 aliphatic rings. The van der Waals surface area contributed by atoms with E-state index in [1.807, 2.05) is 79.7 Å². The van der Waals surface area contributed by atoms with Crippen LogP contribution in [0.2, 0.25) is 5.02 Å². The molecular weight excluding hydrogens is 564 g/mol. The van der Waals surface area contributed by atoms with Gasteiger partial charge in [0.05, 0.1) is 13.4 Å². The van der Waals surface area contributed by atoms with Crippen LogP contribution in [0.1, 0.15) is 45.4 Å². The molecule has 6 aromatic rings. The molecule has 0 spiro atoms. The number of methoxy groups -OCH3 is 1. The fraction of sp³-hybridized carbons (Fsp3) is 0.212. The normalized spacial score (nSPS) is 12.2. The number of pyridine rings is 1. The molecule has 6 rings (SSSR count). The monoisotopic (exact) mass is 594 g/mol. The summed E-state index contributed by atoms with van der Waals surface area (Å²) in [7, 11) is 1.64. The van der Waals surface area contributed by atoms with Crippen molar-refractivity contribution < 1.29 is 9.15 Å². The van der Waals surface area contributed by atoms with Gasteiger partial charge in [0.2, 0.25) is 0 Å². The van der Waals surface area contributed by atoms with E-state index in [1.165, 1.54) is 0 Å². The Kier molecular flexibility index (Phi) is 8.09. The Morgan fingerprint density at radius 2 is 1.79 bits per heavy atom. The summed E-state index contributed by atoms with van der Waals surface area (Å²) in [6, 6.07) is 24.7. The van der Waals surface area contributed by atoms with E-state index in [2.05, 4.69) is 38.4 Å². The van der Waals surface area contributed by atoms with Crippen molar-refractivity contribution in [3.63, 3.8) is 0 Å². The van der Waals surface area contributed by atoms with E-state index in [9.17, 15) is 4.79 Å². The van der Waals surface area contributed by atoms with Gasteiger partial charge in [0.1, 0.15) is 24.1 Å². The molecule has 0 bridgehead atoms. The lowest BCUT2D eigenvalue weighted by atomic mass is 9.99. The quantitative estimate of drug-likeness (QED) is 0.201. The maximum absolute atomic E-state index is 13.9. The first-order valence-corrected chi connectivity index (χ1v) is 14.3. The number of aryl methyl sites for hydroxylation is 2. The lowest BCUT2D eigenvalue weighted by Crippen LogP contribution is -2.35. The van der Waals surface area contributed by atoms with Crippen LogP contribution in [0.15, 0.2) is 94.3 Å². The summed E-state index contributed by atoms with van der Waals surface area (Å²) >= 11 is 6.69. The van der Waals surface area contributed by atoms with Gasteiger partial charge in [-0.3, -0.25) is 9.69 Å². The summed E-state index contributed by atoms with van der Waals surface area (Å²) in [5.74, 6) is 1.96. The second-order valence-electron chi connectivity index (χ2n) is 10.6. The van der Waals surface area contributed by atoms with Crippen molar-refractivity contribution in [1.82, 2.24) is 30.1 Å². The van der Waals surface area contributed by atoms with E-state index < -0.39 is 6.04 Å². The van der Waals surface area contributed by atoms with Crippen molar-refractivity contribution in [3.05, 3.63) is 140 Å². The minimum atomic E-state index is -0.641. The molecule has 0 aliphatic carbocycles. The molecule has 1 N–H and O–H groups in total. The lowest BCUT2D eigenvalue weighted by molar-refractivity contribution is 0.193. The molecule has 0 aliphatic heterocycles. The minimum absolute atomic E-state index is 0.216. The zero-order valence-corrected chi connectivity index (χ0v) is 24.9. The molecule has 0 unspecified atom stereocenters. The molecule has 0 saturated carbocycles. The number of hydrogen-bond donors (Lipinski definition) is 1. The third kappa shape index (κ3) is 6.09. The molecule has 1 atom stereocenters. The number of ether oxygens (including phenoxy) is 1. The standard InChI is InChI=1S/C33H31ClN6O3/c1-21-15-25-17-28(33(41)35-30(25)16-22(21)2)31(32-36-37-38-40(32)20-27-8-6-14-43-27)39(19-24-7-4-5-9-29(24)34)18-23-10-12-26(42-3)13-11-23/h4-17,31H,18-20H2,1-3H3,(H,35,41)/t31-/m1/s1. The molecule has 0 saturated heterocycles. The van der Waals surface area contributed by atoms with E-state index in [0.717, 1.165) is 38.9 Å². The third-order valence-corrected chi connectivity index (χ3v) is 8.08. The number of benzene rings is 3. The Hall–Kier alpha value is -4.73. The zero-order valence-electron chi connectivity index (χ0n) is 24.1. The van der Waals surface area contributed by atoms with Gasteiger partial charge in [-0.1, -0.05) is 41.9 Å². The van der Waals surface area contributed by atoms with E-state index in [0.29, 0.717) is 41.8 Å². The van der Waals surface area contributed by atoms with E-state index in [1.54, 1.807) is 18.1 Å². The van der Waals surface area contributed by atoms with E-state index >= 15 is 0 Å². The number of H-pyrrole nitrogens is 1.